The summed E-state index contributed by atoms with van der Waals surface area (Å²) in [4.78, 5) is 0. The molecule has 0 atom stereocenters. The minimum absolute atomic E-state index is 0.328. The number of nitrogens with one attached hydrogen (secondary N) is 1. The number of hydrogen-bond acceptors (Lipinski definition) is 2. The molecule has 0 heterocycles. The zero-order valence-electron chi connectivity index (χ0n) is 7.41. The molecule has 0 unspecified atom stereocenters. The highest BCUT2D eigenvalue weighted by atomic mass is 16.3. The number of fused-ring (bicyclic) bond motifs is 1. The van der Waals surface area contributed by atoms with Gasteiger partial charge < -0.3 is 10.4 Å². The van der Waals surface area contributed by atoms with Crippen molar-refractivity contribution in [3.63, 3.8) is 0 Å². The highest BCUT2D eigenvalue weighted by Gasteiger charge is 2.01. The Kier molecular flexibility index (Phi) is 1.81. The van der Waals surface area contributed by atoms with Gasteiger partial charge in [0.25, 0.3) is 0 Å². The van der Waals surface area contributed by atoms with Gasteiger partial charge in [-0.1, -0.05) is 24.3 Å². The third-order valence-electron chi connectivity index (χ3n) is 2.17. The van der Waals surface area contributed by atoms with Crippen molar-refractivity contribution >= 4 is 16.5 Å². The van der Waals surface area contributed by atoms with Crippen molar-refractivity contribution in [2.24, 2.45) is 0 Å². The lowest BCUT2D eigenvalue weighted by atomic mass is 10.1. The quantitative estimate of drug-likeness (QED) is 0.694. The van der Waals surface area contributed by atoms with Gasteiger partial charge in [0.05, 0.1) is 0 Å². The predicted octanol–water partition coefficient (Wildman–Crippen LogP) is 2.59. The average molecular weight is 173 g/mol. The zero-order valence-corrected chi connectivity index (χ0v) is 7.41. The second-order valence-corrected chi connectivity index (χ2v) is 2.93. The van der Waals surface area contributed by atoms with E-state index in [-0.39, 0.29) is 0 Å². The summed E-state index contributed by atoms with van der Waals surface area (Å²) in [7, 11) is 1.87. The van der Waals surface area contributed by atoms with Crippen LogP contribution in [0.25, 0.3) is 10.8 Å². The fourth-order valence-corrected chi connectivity index (χ4v) is 1.51. The molecule has 0 saturated carbocycles. The van der Waals surface area contributed by atoms with Crippen molar-refractivity contribution in [2.75, 3.05) is 12.4 Å². The topological polar surface area (TPSA) is 32.3 Å². The van der Waals surface area contributed by atoms with E-state index in [4.69, 9.17) is 0 Å². The third kappa shape index (κ3) is 1.20. The van der Waals surface area contributed by atoms with E-state index in [1.807, 2.05) is 37.4 Å². The molecule has 0 fully saturated rings. The second-order valence-electron chi connectivity index (χ2n) is 2.93. The number of phenolic OH excluding ortho intramolecular Hbond substituents is 1. The minimum Gasteiger partial charge on any atom is -0.507 e. The fraction of sp³-hybridized carbons (Fsp3) is 0.0909. The zero-order chi connectivity index (χ0) is 9.26. The molecular weight excluding hydrogens is 162 g/mol. The van der Waals surface area contributed by atoms with E-state index in [0.717, 1.165) is 16.5 Å². The first-order valence-corrected chi connectivity index (χ1v) is 4.21. The van der Waals surface area contributed by atoms with Crippen molar-refractivity contribution in [1.29, 1.82) is 0 Å². The van der Waals surface area contributed by atoms with Gasteiger partial charge in [0.1, 0.15) is 5.75 Å². The number of anilines is 1. The van der Waals surface area contributed by atoms with Crippen molar-refractivity contribution in [3.8, 4) is 5.75 Å². The smallest absolute Gasteiger partial charge is 0.123 e. The lowest BCUT2D eigenvalue weighted by molar-refractivity contribution is 0.481. The van der Waals surface area contributed by atoms with Gasteiger partial charge in [-0.15, -0.1) is 0 Å². The summed E-state index contributed by atoms with van der Waals surface area (Å²) in [5.41, 5.74) is 1.04. The van der Waals surface area contributed by atoms with Crippen LogP contribution in [0.2, 0.25) is 0 Å². The Hall–Kier alpha value is -1.70. The summed E-state index contributed by atoms with van der Waals surface area (Å²) in [5, 5.41) is 14.6. The normalized spacial score (nSPS) is 10.2. The maximum absolute atomic E-state index is 9.56. The third-order valence-corrected chi connectivity index (χ3v) is 2.17. The van der Waals surface area contributed by atoms with E-state index in [2.05, 4.69) is 5.32 Å². The molecule has 0 amide bonds. The standard InChI is InChI=1S/C11H11NO/c1-12-10-6-2-5-9-8(10)4-3-7-11(9)13/h2-7,12-13H,1H3. The van der Waals surface area contributed by atoms with Gasteiger partial charge in [0.2, 0.25) is 0 Å². The van der Waals surface area contributed by atoms with Gasteiger partial charge in [0, 0.05) is 23.5 Å². The lowest BCUT2D eigenvalue weighted by Gasteiger charge is -2.06. The Morgan fingerprint density at radius 3 is 2.46 bits per heavy atom. The average Bonchev–Trinajstić information content (AvgIpc) is 2.18. The first kappa shape index (κ1) is 7.92. The molecule has 2 rings (SSSR count). The molecule has 2 nitrogen and oxygen atoms in total. The Morgan fingerprint density at radius 2 is 1.69 bits per heavy atom. The molecule has 13 heavy (non-hydrogen) atoms. The summed E-state index contributed by atoms with van der Waals surface area (Å²) in [6.07, 6.45) is 0. The van der Waals surface area contributed by atoms with Crippen LogP contribution in [-0.4, -0.2) is 12.2 Å². The second kappa shape index (κ2) is 2.98. The van der Waals surface area contributed by atoms with Crippen molar-refractivity contribution in [2.45, 2.75) is 0 Å². The highest BCUT2D eigenvalue weighted by molar-refractivity contribution is 5.97. The number of aromatic hydroxyl groups is 1. The van der Waals surface area contributed by atoms with Crippen molar-refractivity contribution in [1.82, 2.24) is 0 Å². The van der Waals surface area contributed by atoms with Crippen molar-refractivity contribution in [3.05, 3.63) is 36.4 Å². The monoisotopic (exact) mass is 173 g/mol. The van der Waals surface area contributed by atoms with E-state index in [1.54, 1.807) is 6.07 Å². The SMILES string of the molecule is CNc1cccc2c(O)cccc12. The molecular formula is C11H11NO. The summed E-state index contributed by atoms with van der Waals surface area (Å²) >= 11 is 0. The summed E-state index contributed by atoms with van der Waals surface area (Å²) < 4.78 is 0. The summed E-state index contributed by atoms with van der Waals surface area (Å²) in [5.74, 6) is 0.328. The molecule has 66 valence electrons. The van der Waals surface area contributed by atoms with Gasteiger partial charge >= 0.3 is 0 Å². The molecule has 0 bridgehead atoms. The summed E-state index contributed by atoms with van der Waals surface area (Å²) in [6, 6.07) is 11.3. The Labute approximate surface area is 76.8 Å². The number of rotatable bonds is 1. The molecule has 2 N–H and O–H groups in total. The molecule has 2 aromatic carbocycles. The minimum atomic E-state index is 0.328. The van der Waals surface area contributed by atoms with E-state index < -0.39 is 0 Å². The molecule has 0 aliphatic heterocycles. The van der Waals surface area contributed by atoms with Crippen molar-refractivity contribution < 1.29 is 5.11 Å². The first-order chi connectivity index (χ1) is 6.33. The van der Waals surface area contributed by atoms with Gasteiger partial charge in [-0.25, -0.2) is 0 Å². The molecule has 0 aliphatic carbocycles. The van der Waals surface area contributed by atoms with Crippen LogP contribution in [0.1, 0.15) is 0 Å². The molecule has 0 radical (unpaired) electrons. The molecule has 2 heteroatoms. The van der Waals surface area contributed by atoms with Crippen LogP contribution < -0.4 is 5.32 Å². The lowest BCUT2D eigenvalue weighted by Crippen LogP contribution is -1.88. The molecule has 0 aliphatic rings. The molecule has 0 aromatic heterocycles. The first-order valence-electron chi connectivity index (χ1n) is 4.21. The highest BCUT2D eigenvalue weighted by Crippen LogP contribution is 2.29. The summed E-state index contributed by atoms with van der Waals surface area (Å²) in [6.45, 7) is 0. The van der Waals surface area contributed by atoms with E-state index >= 15 is 0 Å². The van der Waals surface area contributed by atoms with Crippen LogP contribution in [0.5, 0.6) is 5.75 Å². The van der Waals surface area contributed by atoms with E-state index in [1.165, 1.54) is 0 Å². The maximum Gasteiger partial charge on any atom is 0.123 e. The van der Waals surface area contributed by atoms with Crippen LogP contribution in [0.15, 0.2) is 36.4 Å². The van der Waals surface area contributed by atoms with Gasteiger partial charge in [-0.05, 0) is 12.1 Å². The largest absolute Gasteiger partial charge is 0.507 e. The number of phenols is 1. The Balaban J connectivity index is 2.84. The number of hydrogen-bond donors (Lipinski definition) is 2. The molecule has 0 saturated heterocycles. The van der Waals surface area contributed by atoms with Gasteiger partial charge in [-0.2, -0.15) is 0 Å². The Bertz CT molecular complexity index is 437. The van der Waals surface area contributed by atoms with E-state index in [0.29, 0.717) is 5.75 Å². The molecule has 0 spiro atoms. The van der Waals surface area contributed by atoms with Crippen LogP contribution in [0.4, 0.5) is 5.69 Å². The van der Waals surface area contributed by atoms with Gasteiger partial charge in [-0.3, -0.25) is 0 Å². The van der Waals surface area contributed by atoms with Crippen LogP contribution in [0, 0.1) is 0 Å². The number of benzene rings is 2. The van der Waals surface area contributed by atoms with Crippen LogP contribution in [-0.2, 0) is 0 Å². The molecule has 2 aromatic rings. The fourth-order valence-electron chi connectivity index (χ4n) is 1.51. The van der Waals surface area contributed by atoms with E-state index in [9.17, 15) is 5.11 Å². The Morgan fingerprint density at radius 1 is 1.00 bits per heavy atom. The predicted molar refractivity (Wildman–Crippen MR) is 55.2 cm³/mol. The maximum atomic E-state index is 9.56. The van der Waals surface area contributed by atoms with Gasteiger partial charge in [0.15, 0.2) is 0 Å². The van der Waals surface area contributed by atoms with Crippen LogP contribution >= 0.6 is 0 Å². The van der Waals surface area contributed by atoms with Crippen LogP contribution in [0.3, 0.4) is 0 Å².